The minimum atomic E-state index is 0.0405. The van der Waals surface area contributed by atoms with E-state index in [1.54, 1.807) is 24.6 Å². The fourth-order valence-electron chi connectivity index (χ4n) is 3.35. The second-order valence-corrected chi connectivity index (χ2v) is 7.98. The summed E-state index contributed by atoms with van der Waals surface area (Å²) in [6, 6.07) is 10.2. The lowest BCUT2D eigenvalue weighted by Crippen LogP contribution is -2.44. The maximum atomic E-state index is 11.2. The van der Waals surface area contributed by atoms with E-state index in [2.05, 4.69) is 26.3 Å². The standard InChI is InChI=1S/C19H19ClN4OS/c1-12(25)23-15-6-8-24(9-7-15)19-18-16(21-11-22-19)10-17(26-18)13-2-4-14(20)5-3-13/h2-5,10-11,15H,6-9H2,1H3,(H,23,25). The smallest absolute Gasteiger partial charge is 0.217 e. The maximum Gasteiger partial charge on any atom is 0.217 e. The van der Waals surface area contributed by atoms with Crippen molar-refractivity contribution in [1.82, 2.24) is 15.3 Å². The fraction of sp³-hybridized carbons (Fsp3) is 0.316. The molecule has 0 bridgehead atoms. The van der Waals surface area contributed by atoms with Crippen LogP contribution in [-0.2, 0) is 4.79 Å². The Balaban J connectivity index is 1.60. The predicted molar refractivity (Wildman–Crippen MR) is 107 cm³/mol. The van der Waals surface area contributed by atoms with Gasteiger partial charge < -0.3 is 10.2 Å². The first-order chi connectivity index (χ1) is 12.6. The molecule has 7 heteroatoms. The second-order valence-electron chi connectivity index (χ2n) is 6.49. The van der Waals surface area contributed by atoms with Gasteiger partial charge in [0.2, 0.25) is 5.91 Å². The van der Waals surface area contributed by atoms with E-state index in [-0.39, 0.29) is 11.9 Å². The second kappa shape index (κ2) is 7.21. The number of thiophene rings is 1. The van der Waals surface area contributed by atoms with Crippen LogP contribution in [0.15, 0.2) is 36.7 Å². The van der Waals surface area contributed by atoms with Gasteiger partial charge in [0, 0.05) is 36.0 Å². The van der Waals surface area contributed by atoms with Crippen LogP contribution in [-0.4, -0.2) is 35.0 Å². The van der Waals surface area contributed by atoms with Crippen LogP contribution in [0.2, 0.25) is 5.02 Å². The van der Waals surface area contributed by atoms with E-state index in [0.29, 0.717) is 0 Å². The number of halogens is 1. The Kier molecular flexibility index (Phi) is 4.78. The van der Waals surface area contributed by atoms with E-state index in [4.69, 9.17) is 11.6 Å². The van der Waals surface area contributed by atoms with Crippen molar-refractivity contribution < 1.29 is 4.79 Å². The van der Waals surface area contributed by atoms with Gasteiger partial charge in [-0.25, -0.2) is 9.97 Å². The number of carbonyl (C=O) groups is 1. The topological polar surface area (TPSA) is 58.1 Å². The molecular formula is C19H19ClN4OS. The largest absolute Gasteiger partial charge is 0.355 e. The number of fused-ring (bicyclic) bond motifs is 1. The number of amides is 1. The summed E-state index contributed by atoms with van der Waals surface area (Å²) in [6.07, 6.45) is 3.50. The molecule has 0 atom stereocenters. The van der Waals surface area contributed by atoms with Gasteiger partial charge in [0.05, 0.1) is 10.2 Å². The third-order valence-corrected chi connectivity index (χ3v) is 6.04. The van der Waals surface area contributed by atoms with Gasteiger partial charge >= 0.3 is 0 Å². The summed E-state index contributed by atoms with van der Waals surface area (Å²) in [4.78, 5) is 23.7. The number of hydrogen-bond acceptors (Lipinski definition) is 5. The molecule has 2 aromatic heterocycles. The molecule has 0 spiro atoms. The van der Waals surface area contributed by atoms with Gasteiger partial charge in [0.1, 0.15) is 12.1 Å². The number of rotatable bonds is 3. The number of aromatic nitrogens is 2. The highest BCUT2D eigenvalue weighted by Gasteiger charge is 2.23. The molecule has 1 aliphatic heterocycles. The Bertz CT molecular complexity index is 932. The van der Waals surface area contributed by atoms with Crippen molar-refractivity contribution in [3.8, 4) is 10.4 Å². The maximum absolute atomic E-state index is 11.2. The Morgan fingerprint density at radius 1 is 1.23 bits per heavy atom. The summed E-state index contributed by atoms with van der Waals surface area (Å²) in [5.41, 5.74) is 2.10. The Morgan fingerprint density at radius 3 is 2.65 bits per heavy atom. The molecule has 1 aliphatic rings. The van der Waals surface area contributed by atoms with E-state index in [9.17, 15) is 4.79 Å². The van der Waals surface area contributed by atoms with Crippen LogP contribution in [0.1, 0.15) is 19.8 Å². The van der Waals surface area contributed by atoms with Crippen molar-refractivity contribution in [1.29, 1.82) is 0 Å². The minimum Gasteiger partial charge on any atom is -0.355 e. The summed E-state index contributed by atoms with van der Waals surface area (Å²) in [6.45, 7) is 3.33. The number of nitrogens with zero attached hydrogens (tertiary/aromatic N) is 3. The molecular weight excluding hydrogens is 368 g/mol. The molecule has 0 saturated carbocycles. The molecule has 3 heterocycles. The highest BCUT2D eigenvalue weighted by molar-refractivity contribution is 7.22. The molecule has 0 unspecified atom stereocenters. The average Bonchev–Trinajstić information content (AvgIpc) is 3.07. The van der Waals surface area contributed by atoms with Gasteiger partial charge in [-0.1, -0.05) is 23.7 Å². The molecule has 26 heavy (non-hydrogen) atoms. The van der Waals surface area contributed by atoms with Gasteiger partial charge in [0.25, 0.3) is 0 Å². The Morgan fingerprint density at radius 2 is 1.96 bits per heavy atom. The third-order valence-electron chi connectivity index (χ3n) is 4.62. The quantitative estimate of drug-likeness (QED) is 0.735. The van der Waals surface area contributed by atoms with Gasteiger partial charge in [-0.3, -0.25) is 4.79 Å². The SMILES string of the molecule is CC(=O)NC1CCN(c2ncnc3cc(-c4ccc(Cl)cc4)sc23)CC1. The normalized spacial score (nSPS) is 15.4. The molecule has 1 amide bonds. The van der Waals surface area contributed by atoms with Gasteiger partial charge in [-0.15, -0.1) is 11.3 Å². The lowest BCUT2D eigenvalue weighted by atomic mass is 10.1. The number of benzene rings is 1. The first kappa shape index (κ1) is 17.2. The minimum absolute atomic E-state index is 0.0405. The Hall–Kier alpha value is -2.18. The molecule has 1 saturated heterocycles. The highest BCUT2D eigenvalue weighted by Crippen LogP contribution is 2.37. The molecule has 1 aromatic carbocycles. The van der Waals surface area contributed by atoms with Crippen LogP contribution in [0, 0.1) is 0 Å². The van der Waals surface area contributed by atoms with Crippen LogP contribution in [0.25, 0.3) is 20.7 Å². The van der Waals surface area contributed by atoms with Crippen molar-refractivity contribution in [2.75, 3.05) is 18.0 Å². The first-order valence-electron chi connectivity index (χ1n) is 8.62. The third kappa shape index (κ3) is 3.52. The number of carbonyl (C=O) groups excluding carboxylic acids is 1. The van der Waals surface area contributed by atoms with Crippen molar-refractivity contribution in [2.45, 2.75) is 25.8 Å². The van der Waals surface area contributed by atoms with Gasteiger partial charge in [0.15, 0.2) is 0 Å². The van der Waals surface area contributed by atoms with E-state index in [1.807, 2.05) is 24.3 Å². The van der Waals surface area contributed by atoms with Gasteiger partial charge in [-0.05, 0) is 36.6 Å². The van der Waals surface area contributed by atoms with Crippen molar-refractivity contribution in [2.24, 2.45) is 0 Å². The average molecular weight is 387 g/mol. The summed E-state index contributed by atoms with van der Waals surface area (Å²) >= 11 is 7.70. The zero-order valence-corrected chi connectivity index (χ0v) is 16.0. The van der Waals surface area contributed by atoms with Crippen LogP contribution in [0.3, 0.4) is 0 Å². The molecule has 0 aliphatic carbocycles. The molecule has 0 radical (unpaired) electrons. The lowest BCUT2D eigenvalue weighted by Gasteiger charge is -2.33. The zero-order valence-electron chi connectivity index (χ0n) is 14.4. The summed E-state index contributed by atoms with van der Waals surface area (Å²) in [5, 5.41) is 3.75. The highest BCUT2D eigenvalue weighted by atomic mass is 35.5. The van der Waals surface area contributed by atoms with Crippen molar-refractivity contribution in [3.63, 3.8) is 0 Å². The molecule has 4 rings (SSSR count). The van der Waals surface area contributed by atoms with E-state index < -0.39 is 0 Å². The molecule has 3 aromatic rings. The van der Waals surface area contributed by atoms with Crippen LogP contribution in [0.4, 0.5) is 5.82 Å². The van der Waals surface area contributed by atoms with E-state index >= 15 is 0 Å². The number of hydrogen-bond donors (Lipinski definition) is 1. The number of piperidine rings is 1. The molecule has 1 fully saturated rings. The summed E-state index contributed by atoms with van der Waals surface area (Å²) in [7, 11) is 0. The first-order valence-corrected chi connectivity index (χ1v) is 9.82. The zero-order chi connectivity index (χ0) is 18.1. The molecule has 1 N–H and O–H groups in total. The van der Waals surface area contributed by atoms with Crippen molar-refractivity contribution in [3.05, 3.63) is 41.7 Å². The molecule has 134 valence electrons. The predicted octanol–water partition coefficient (Wildman–Crippen LogP) is 4.12. The van der Waals surface area contributed by atoms with Crippen molar-refractivity contribution >= 4 is 44.9 Å². The van der Waals surface area contributed by atoms with Crippen LogP contribution in [0.5, 0.6) is 0 Å². The van der Waals surface area contributed by atoms with Gasteiger partial charge in [-0.2, -0.15) is 0 Å². The fourth-order valence-corrected chi connectivity index (χ4v) is 4.61. The lowest BCUT2D eigenvalue weighted by molar-refractivity contribution is -0.119. The van der Waals surface area contributed by atoms with Crippen LogP contribution >= 0.6 is 22.9 Å². The monoisotopic (exact) mass is 386 g/mol. The van der Waals surface area contributed by atoms with E-state index in [0.717, 1.165) is 57.4 Å². The number of anilines is 1. The van der Waals surface area contributed by atoms with Crippen LogP contribution < -0.4 is 10.2 Å². The summed E-state index contributed by atoms with van der Waals surface area (Å²) in [5.74, 6) is 1.03. The number of nitrogens with one attached hydrogen (secondary N) is 1. The Labute approximate surface area is 161 Å². The molecule has 5 nitrogen and oxygen atoms in total. The summed E-state index contributed by atoms with van der Waals surface area (Å²) < 4.78 is 1.11. The van der Waals surface area contributed by atoms with E-state index in [1.165, 1.54) is 0 Å².